The van der Waals surface area contributed by atoms with Crippen molar-refractivity contribution in [3.8, 4) is 33.8 Å². The molecule has 0 fully saturated rings. The molecule has 9 heteroatoms. The average Bonchev–Trinajstić information content (AvgIpc) is 3.60. The normalized spacial score (nSPS) is 11.5. The van der Waals surface area contributed by atoms with Crippen LogP contribution in [-0.2, 0) is 19.6 Å². The van der Waals surface area contributed by atoms with Crippen molar-refractivity contribution < 1.29 is 0 Å². The summed E-state index contributed by atoms with van der Waals surface area (Å²) >= 11 is 0. The molecule has 0 saturated heterocycles. The molecule has 4 heterocycles. The van der Waals surface area contributed by atoms with Crippen molar-refractivity contribution in [2.24, 2.45) is 5.73 Å². The lowest BCUT2D eigenvalue weighted by Crippen LogP contribution is -2.20. The zero-order chi connectivity index (χ0) is 26.8. The Morgan fingerprint density at radius 3 is 2.44 bits per heavy atom. The summed E-state index contributed by atoms with van der Waals surface area (Å²) in [6.07, 6.45) is 3.46. The predicted octanol–water partition coefficient (Wildman–Crippen LogP) is 4.70. The molecule has 4 aromatic heterocycles. The maximum Gasteiger partial charge on any atom is 0.183 e. The molecule has 0 amide bonds. The fraction of sp³-hybridized carbons (Fsp3) is 0.133. The quantitative estimate of drug-likeness (QED) is 0.288. The molecule has 0 atom stereocenters. The first kappa shape index (κ1) is 24.7. The fourth-order valence-corrected chi connectivity index (χ4v) is 4.88. The van der Waals surface area contributed by atoms with Crippen molar-refractivity contribution >= 4 is 13.6 Å². The molecule has 0 spiro atoms. The Morgan fingerprint density at radius 1 is 0.872 bits per heavy atom. The van der Waals surface area contributed by atoms with Gasteiger partial charge in [-0.3, -0.25) is 4.98 Å². The molecule has 39 heavy (non-hydrogen) atoms. The van der Waals surface area contributed by atoms with Crippen LogP contribution in [0.5, 0.6) is 0 Å². The Balaban J connectivity index is 1.33. The van der Waals surface area contributed by atoms with Gasteiger partial charge < -0.3 is 15.5 Å². The highest BCUT2D eigenvalue weighted by molar-refractivity contribution is 6.04. The van der Waals surface area contributed by atoms with Crippen molar-refractivity contribution in [1.82, 2.24) is 34.4 Å². The van der Waals surface area contributed by atoms with E-state index < -0.39 is 0 Å². The molecule has 0 bridgehead atoms. The number of pyridine rings is 2. The second-order valence-corrected chi connectivity index (χ2v) is 9.48. The van der Waals surface area contributed by atoms with Crippen LogP contribution in [-0.4, -0.2) is 42.3 Å². The minimum Gasteiger partial charge on any atom is -0.344 e. The van der Waals surface area contributed by atoms with E-state index in [0.29, 0.717) is 19.6 Å². The average molecular weight is 510 g/mol. The SMILES string of the molecule is [B]N(Cc1nc(-c2ccc3ncnn3c2)c(-c2cccc(C)n2)[nH]1)Cc1ccccc1-c1ccccc1CN. The summed E-state index contributed by atoms with van der Waals surface area (Å²) in [5, 5.41) is 4.28. The highest BCUT2D eigenvalue weighted by atomic mass is 15.3. The Morgan fingerprint density at radius 2 is 1.64 bits per heavy atom. The van der Waals surface area contributed by atoms with Gasteiger partial charge in [0, 0.05) is 37.1 Å². The number of hydrogen-bond donors (Lipinski definition) is 2. The monoisotopic (exact) mass is 510 g/mol. The number of aromatic nitrogens is 6. The zero-order valence-electron chi connectivity index (χ0n) is 21.6. The van der Waals surface area contributed by atoms with Crippen molar-refractivity contribution in [2.75, 3.05) is 0 Å². The molecule has 0 aliphatic carbocycles. The molecule has 2 radical (unpaired) electrons. The molecule has 0 aliphatic rings. The topological polar surface area (TPSA) is 101 Å². The first-order valence-electron chi connectivity index (χ1n) is 12.8. The van der Waals surface area contributed by atoms with Crippen molar-refractivity contribution in [3.05, 3.63) is 114 Å². The minimum absolute atomic E-state index is 0.414. The Labute approximate surface area is 228 Å². The lowest BCUT2D eigenvalue weighted by molar-refractivity contribution is 0.433. The molecule has 0 aliphatic heterocycles. The van der Waals surface area contributed by atoms with Gasteiger partial charge in [0.15, 0.2) is 13.6 Å². The number of aryl methyl sites for hydroxylation is 1. The highest BCUT2D eigenvalue weighted by Crippen LogP contribution is 2.31. The number of aromatic amines is 1. The van der Waals surface area contributed by atoms with Gasteiger partial charge in [-0.05, 0) is 53.4 Å². The molecule has 190 valence electrons. The van der Waals surface area contributed by atoms with E-state index in [9.17, 15) is 0 Å². The maximum atomic E-state index is 6.59. The Bertz CT molecular complexity index is 1760. The van der Waals surface area contributed by atoms with Crippen LogP contribution in [0.4, 0.5) is 0 Å². The largest absolute Gasteiger partial charge is 0.344 e. The van der Waals surface area contributed by atoms with Gasteiger partial charge in [0.25, 0.3) is 0 Å². The molecular weight excluding hydrogens is 483 g/mol. The van der Waals surface area contributed by atoms with Crippen LogP contribution in [0.1, 0.15) is 22.6 Å². The summed E-state index contributed by atoms with van der Waals surface area (Å²) in [7, 11) is 6.59. The first-order valence-corrected chi connectivity index (χ1v) is 12.8. The van der Waals surface area contributed by atoms with Crippen LogP contribution in [0, 0.1) is 6.92 Å². The van der Waals surface area contributed by atoms with E-state index >= 15 is 0 Å². The van der Waals surface area contributed by atoms with E-state index in [-0.39, 0.29) is 0 Å². The summed E-state index contributed by atoms with van der Waals surface area (Å²) in [6, 6.07) is 26.4. The van der Waals surface area contributed by atoms with Gasteiger partial charge >= 0.3 is 0 Å². The third-order valence-corrected chi connectivity index (χ3v) is 6.72. The van der Waals surface area contributed by atoms with Crippen LogP contribution in [0.25, 0.3) is 39.4 Å². The summed E-state index contributed by atoms with van der Waals surface area (Å²) in [6.45, 7) is 3.40. The lowest BCUT2D eigenvalue weighted by Gasteiger charge is -2.19. The summed E-state index contributed by atoms with van der Waals surface area (Å²) in [4.78, 5) is 19.2. The summed E-state index contributed by atoms with van der Waals surface area (Å²) in [5.74, 6) is 0.740. The molecule has 6 rings (SSSR count). The third-order valence-electron chi connectivity index (χ3n) is 6.72. The lowest BCUT2D eigenvalue weighted by atomic mass is 9.94. The van der Waals surface area contributed by atoms with Crippen molar-refractivity contribution in [3.63, 3.8) is 0 Å². The van der Waals surface area contributed by atoms with Crippen LogP contribution in [0.3, 0.4) is 0 Å². The molecule has 0 unspecified atom stereocenters. The zero-order valence-corrected chi connectivity index (χ0v) is 21.6. The second kappa shape index (κ2) is 10.6. The number of rotatable bonds is 8. The van der Waals surface area contributed by atoms with Gasteiger partial charge in [-0.15, -0.1) is 0 Å². The van der Waals surface area contributed by atoms with E-state index in [4.69, 9.17) is 23.7 Å². The summed E-state index contributed by atoms with van der Waals surface area (Å²) in [5.41, 5.74) is 15.5. The fourth-order valence-electron chi connectivity index (χ4n) is 4.88. The molecule has 8 nitrogen and oxygen atoms in total. The molecule has 6 aromatic rings. The molecular formula is C30H27BN8. The van der Waals surface area contributed by atoms with Crippen LogP contribution in [0.2, 0.25) is 0 Å². The van der Waals surface area contributed by atoms with Gasteiger partial charge in [-0.2, -0.15) is 5.10 Å². The van der Waals surface area contributed by atoms with Crippen molar-refractivity contribution in [1.29, 1.82) is 0 Å². The number of fused-ring (bicyclic) bond motifs is 1. The van der Waals surface area contributed by atoms with Crippen LogP contribution < -0.4 is 5.73 Å². The Kier molecular flexibility index (Phi) is 6.75. The number of hydrogen-bond acceptors (Lipinski definition) is 6. The molecule has 2 aromatic carbocycles. The van der Waals surface area contributed by atoms with E-state index in [1.165, 1.54) is 6.33 Å². The number of nitrogens with two attached hydrogens (primary N) is 1. The second-order valence-electron chi connectivity index (χ2n) is 9.48. The highest BCUT2D eigenvalue weighted by Gasteiger charge is 2.18. The van der Waals surface area contributed by atoms with E-state index in [0.717, 1.165) is 62.1 Å². The van der Waals surface area contributed by atoms with Gasteiger partial charge in [0.05, 0.1) is 17.1 Å². The van der Waals surface area contributed by atoms with Gasteiger partial charge in [0.2, 0.25) is 0 Å². The van der Waals surface area contributed by atoms with E-state index in [2.05, 4.69) is 39.3 Å². The third kappa shape index (κ3) is 5.10. The number of imidazole rings is 1. The summed E-state index contributed by atoms with van der Waals surface area (Å²) < 4.78 is 1.74. The van der Waals surface area contributed by atoms with Crippen LogP contribution >= 0.6 is 0 Å². The van der Waals surface area contributed by atoms with Gasteiger partial charge in [-0.25, -0.2) is 14.5 Å². The maximum absolute atomic E-state index is 6.59. The van der Waals surface area contributed by atoms with E-state index in [1.807, 2.05) is 67.7 Å². The Hall–Kier alpha value is -4.60. The van der Waals surface area contributed by atoms with Gasteiger partial charge in [0.1, 0.15) is 12.2 Å². The van der Waals surface area contributed by atoms with Gasteiger partial charge in [-0.1, -0.05) is 54.6 Å². The molecule has 0 saturated carbocycles. The first-order chi connectivity index (χ1) is 19.1. The number of benzene rings is 2. The van der Waals surface area contributed by atoms with Crippen molar-refractivity contribution in [2.45, 2.75) is 26.6 Å². The number of H-pyrrole nitrogens is 1. The number of nitrogens with zero attached hydrogens (tertiary/aromatic N) is 6. The predicted molar refractivity (Wildman–Crippen MR) is 153 cm³/mol. The van der Waals surface area contributed by atoms with Crippen LogP contribution in [0.15, 0.2) is 91.4 Å². The molecule has 3 N–H and O–H groups in total. The smallest absolute Gasteiger partial charge is 0.183 e. The standard InChI is InChI=1S/C30H27BN8/c1-20-7-6-12-26(35-20)30-29(23-13-14-28-33-19-34-39(28)17-23)36-27(37-30)18-38(31)16-22-9-3-5-11-25(22)24-10-4-2-8-21(24)15-32/h2-14,17,19H,15-16,18,32H2,1H3,(H,36,37). The van der Waals surface area contributed by atoms with E-state index in [1.54, 1.807) is 9.33 Å². The minimum atomic E-state index is 0.414. The number of nitrogens with one attached hydrogen (secondary N) is 1.